The average molecular weight is 213 g/mol. The highest BCUT2D eigenvalue weighted by atomic mass is 16.2. The molecule has 1 aliphatic rings. The number of nitrogens with two attached hydrogens (primary N) is 1. The average Bonchev–Trinajstić information content (AvgIpc) is 2.64. The van der Waals surface area contributed by atoms with Crippen molar-refractivity contribution in [2.24, 2.45) is 5.73 Å². The molecule has 0 bridgehead atoms. The Labute approximate surface area is 92.0 Å². The first-order valence-electron chi connectivity index (χ1n) is 5.97. The number of hydrogen-bond acceptors (Lipinski definition) is 2. The molecule has 4 nitrogen and oxygen atoms in total. The molecular formula is C11H23N3O. The Hall–Kier alpha value is -0.770. The van der Waals surface area contributed by atoms with Crippen molar-refractivity contribution in [3.63, 3.8) is 0 Å². The second kappa shape index (κ2) is 5.95. The molecular weight excluding hydrogens is 190 g/mol. The van der Waals surface area contributed by atoms with Gasteiger partial charge in [-0.15, -0.1) is 0 Å². The van der Waals surface area contributed by atoms with Gasteiger partial charge in [0, 0.05) is 18.6 Å². The van der Waals surface area contributed by atoms with Gasteiger partial charge in [-0.3, -0.25) is 0 Å². The van der Waals surface area contributed by atoms with E-state index in [9.17, 15) is 4.79 Å². The first-order valence-corrected chi connectivity index (χ1v) is 5.97. The molecule has 0 saturated heterocycles. The number of unbranched alkanes of at least 4 members (excludes halogenated alkanes) is 1. The second-order valence-electron chi connectivity index (χ2n) is 4.53. The van der Waals surface area contributed by atoms with E-state index in [1.165, 1.54) is 12.8 Å². The van der Waals surface area contributed by atoms with Gasteiger partial charge in [-0.2, -0.15) is 0 Å². The highest BCUT2D eigenvalue weighted by molar-refractivity contribution is 5.73. The quantitative estimate of drug-likeness (QED) is 0.604. The van der Waals surface area contributed by atoms with Crippen molar-refractivity contribution in [1.29, 1.82) is 0 Å². The monoisotopic (exact) mass is 213 g/mol. The van der Waals surface area contributed by atoms with E-state index in [1.807, 2.05) is 0 Å². The summed E-state index contributed by atoms with van der Waals surface area (Å²) in [5, 5.41) is 5.67. The second-order valence-corrected chi connectivity index (χ2v) is 4.53. The highest BCUT2D eigenvalue weighted by Gasteiger charge is 2.29. The highest BCUT2D eigenvalue weighted by Crippen LogP contribution is 2.26. The number of nitrogens with one attached hydrogen (secondary N) is 2. The van der Waals surface area contributed by atoms with Gasteiger partial charge < -0.3 is 16.4 Å². The molecule has 4 N–H and O–H groups in total. The van der Waals surface area contributed by atoms with Crippen LogP contribution in [-0.4, -0.2) is 24.7 Å². The predicted molar refractivity (Wildman–Crippen MR) is 61.7 cm³/mol. The molecule has 0 spiro atoms. The largest absolute Gasteiger partial charge is 0.338 e. The molecule has 15 heavy (non-hydrogen) atoms. The van der Waals surface area contributed by atoms with Crippen LogP contribution < -0.4 is 16.4 Å². The van der Waals surface area contributed by atoms with Gasteiger partial charge in [0.1, 0.15) is 0 Å². The number of amides is 2. The van der Waals surface area contributed by atoms with Crippen LogP contribution >= 0.6 is 0 Å². The van der Waals surface area contributed by atoms with Crippen LogP contribution in [0, 0.1) is 0 Å². The summed E-state index contributed by atoms with van der Waals surface area (Å²) in [6, 6.07) is -0.0832. The lowest BCUT2D eigenvalue weighted by Crippen LogP contribution is -2.50. The summed E-state index contributed by atoms with van der Waals surface area (Å²) >= 11 is 0. The zero-order valence-electron chi connectivity index (χ0n) is 9.64. The van der Waals surface area contributed by atoms with Gasteiger partial charge in [0.05, 0.1) is 0 Å². The van der Waals surface area contributed by atoms with Crippen molar-refractivity contribution >= 4 is 6.03 Å². The van der Waals surface area contributed by atoms with Gasteiger partial charge in [0.25, 0.3) is 0 Å². The van der Waals surface area contributed by atoms with E-state index < -0.39 is 0 Å². The van der Waals surface area contributed by atoms with Gasteiger partial charge in [-0.1, -0.05) is 26.2 Å². The molecule has 0 aromatic rings. The fraction of sp³-hybridized carbons (Fsp3) is 0.909. The van der Waals surface area contributed by atoms with E-state index >= 15 is 0 Å². The van der Waals surface area contributed by atoms with Crippen LogP contribution in [0.2, 0.25) is 0 Å². The Morgan fingerprint density at radius 2 is 2.00 bits per heavy atom. The Balaban J connectivity index is 2.10. The molecule has 2 amide bonds. The molecule has 0 atom stereocenters. The van der Waals surface area contributed by atoms with Crippen molar-refractivity contribution in [3.8, 4) is 0 Å². The van der Waals surface area contributed by atoms with Crippen molar-refractivity contribution in [3.05, 3.63) is 0 Å². The van der Waals surface area contributed by atoms with Crippen LogP contribution in [0.4, 0.5) is 4.79 Å². The number of carbonyl (C=O) groups excluding carboxylic acids is 1. The zero-order valence-corrected chi connectivity index (χ0v) is 9.64. The summed E-state index contributed by atoms with van der Waals surface area (Å²) in [6.45, 7) is 3.46. The first kappa shape index (κ1) is 12.3. The van der Waals surface area contributed by atoms with Crippen molar-refractivity contribution in [2.45, 2.75) is 51.0 Å². The molecule has 0 heterocycles. The molecule has 0 radical (unpaired) electrons. The van der Waals surface area contributed by atoms with E-state index in [2.05, 4.69) is 17.6 Å². The van der Waals surface area contributed by atoms with Gasteiger partial charge in [-0.25, -0.2) is 4.79 Å². The molecule has 0 unspecified atom stereocenters. The van der Waals surface area contributed by atoms with E-state index in [1.54, 1.807) is 0 Å². The Kier molecular flexibility index (Phi) is 4.88. The van der Waals surface area contributed by atoms with Gasteiger partial charge in [0.15, 0.2) is 0 Å². The maximum absolute atomic E-state index is 11.3. The molecule has 0 aromatic heterocycles. The SMILES string of the molecule is CCCCNC(=O)NCC1(N)CCCC1. The molecule has 0 aliphatic heterocycles. The molecule has 1 saturated carbocycles. The van der Waals surface area contributed by atoms with Gasteiger partial charge >= 0.3 is 6.03 Å². The van der Waals surface area contributed by atoms with Gasteiger partial charge in [-0.05, 0) is 19.3 Å². The van der Waals surface area contributed by atoms with Gasteiger partial charge in [0.2, 0.25) is 0 Å². The minimum Gasteiger partial charge on any atom is -0.338 e. The Bertz CT molecular complexity index is 200. The molecule has 1 aliphatic carbocycles. The van der Waals surface area contributed by atoms with Crippen LogP contribution in [-0.2, 0) is 0 Å². The zero-order chi connectivity index (χ0) is 11.1. The molecule has 0 aromatic carbocycles. The number of hydrogen-bond donors (Lipinski definition) is 3. The molecule has 88 valence electrons. The summed E-state index contributed by atoms with van der Waals surface area (Å²) in [5.74, 6) is 0. The lowest BCUT2D eigenvalue weighted by Gasteiger charge is -2.23. The normalized spacial score (nSPS) is 18.8. The minimum absolute atomic E-state index is 0.0832. The Morgan fingerprint density at radius 3 is 2.60 bits per heavy atom. The lowest BCUT2D eigenvalue weighted by atomic mass is 10.00. The molecule has 1 rings (SSSR count). The third-order valence-corrected chi connectivity index (χ3v) is 3.02. The number of carbonyl (C=O) groups is 1. The maximum atomic E-state index is 11.3. The smallest absolute Gasteiger partial charge is 0.314 e. The Morgan fingerprint density at radius 1 is 1.33 bits per heavy atom. The van der Waals surface area contributed by atoms with Crippen LogP contribution in [0.1, 0.15) is 45.4 Å². The fourth-order valence-corrected chi connectivity index (χ4v) is 1.95. The van der Waals surface area contributed by atoms with Crippen molar-refractivity contribution < 1.29 is 4.79 Å². The summed E-state index contributed by atoms with van der Waals surface area (Å²) in [5.41, 5.74) is 5.97. The number of urea groups is 1. The van der Waals surface area contributed by atoms with Crippen molar-refractivity contribution in [1.82, 2.24) is 10.6 Å². The van der Waals surface area contributed by atoms with Crippen LogP contribution in [0.3, 0.4) is 0 Å². The topological polar surface area (TPSA) is 67.2 Å². The summed E-state index contributed by atoms with van der Waals surface area (Å²) < 4.78 is 0. The lowest BCUT2D eigenvalue weighted by molar-refractivity contribution is 0.237. The third kappa shape index (κ3) is 4.51. The molecule has 4 heteroatoms. The van der Waals surface area contributed by atoms with Crippen LogP contribution in [0.15, 0.2) is 0 Å². The third-order valence-electron chi connectivity index (χ3n) is 3.02. The minimum atomic E-state index is -0.151. The van der Waals surface area contributed by atoms with E-state index in [-0.39, 0.29) is 11.6 Å². The van der Waals surface area contributed by atoms with Crippen molar-refractivity contribution in [2.75, 3.05) is 13.1 Å². The predicted octanol–water partition coefficient (Wildman–Crippen LogP) is 1.36. The van der Waals surface area contributed by atoms with Crippen LogP contribution in [0.5, 0.6) is 0 Å². The fourth-order valence-electron chi connectivity index (χ4n) is 1.95. The number of rotatable bonds is 5. The standard InChI is InChI=1S/C11H23N3O/c1-2-3-8-13-10(15)14-9-11(12)6-4-5-7-11/h2-9,12H2,1H3,(H2,13,14,15). The van der Waals surface area contributed by atoms with E-state index in [4.69, 9.17) is 5.73 Å². The first-order chi connectivity index (χ1) is 7.16. The van der Waals surface area contributed by atoms with Crippen LogP contribution in [0.25, 0.3) is 0 Å². The van der Waals surface area contributed by atoms with E-state index in [0.717, 1.165) is 32.2 Å². The van der Waals surface area contributed by atoms with E-state index in [0.29, 0.717) is 6.54 Å². The summed E-state index contributed by atoms with van der Waals surface area (Å²) in [7, 11) is 0. The summed E-state index contributed by atoms with van der Waals surface area (Å²) in [4.78, 5) is 11.3. The maximum Gasteiger partial charge on any atom is 0.314 e. The molecule has 1 fully saturated rings. The summed E-state index contributed by atoms with van der Waals surface area (Å²) in [6.07, 6.45) is 6.57.